The molecule has 0 aromatic heterocycles. The molecule has 0 aliphatic heterocycles. The van der Waals surface area contributed by atoms with E-state index in [1.54, 1.807) is 0 Å². The number of fused-ring (bicyclic) bond motifs is 5. The van der Waals surface area contributed by atoms with Gasteiger partial charge in [-0.1, -0.05) is 41.0 Å². The Kier molecular flexibility index (Phi) is 8.45. The fraction of sp³-hybridized carbons (Fsp3) is 0.967. The second kappa shape index (κ2) is 10.6. The number of hydrogen-bond donors (Lipinski definition) is 4. The number of amides is 1. The van der Waals surface area contributed by atoms with Crippen molar-refractivity contribution in [1.29, 1.82) is 0 Å². The lowest BCUT2D eigenvalue weighted by Gasteiger charge is -2.68. The SMILES string of the molecule is CC[C@@H]1[C@@H]2C[C@H](O)CC[C@]2(C)C2CC[C@@]3(C)C(CC[C@@H]3[C@@H](C)C[C@@H](C)C(=O)NCCS(=O)(=O)O)C2[C@@]1(C)O. The number of rotatable bonds is 8. The van der Waals surface area contributed by atoms with Crippen molar-refractivity contribution in [3.63, 3.8) is 0 Å². The van der Waals surface area contributed by atoms with Crippen molar-refractivity contribution in [2.45, 2.75) is 111 Å². The summed E-state index contributed by atoms with van der Waals surface area (Å²) < 4.78 is 30.9. The maximum Gasteiger partial charge on any atom is 0.266 e. The Bertz CT molecular complexity index is 983. The molecule has 0 heterocycles. The van der Waals surface area contributed by atoms with E-state index >= 15 is 0 Å². The second-order valence-electron chi connectivity index (χ2n) is 14.4. The summed E-state index contributed by atoms with van der Waals surface area (Å²) in [4.78, 5) is 12.6. The Morgan fingerprint density at radius 1 is 1.00 bits per heavy atom. The number of aliphatic hydroxyl groups is 2. The molecule has 0 aromatic carbocycles. The van der Waals surface area contributed by atoms with Gasteiger partial charge in [-0.25, -0.2) is 0 Å². The summed E-state index contributed by atoms with van der Waals surface area (Å²) in [6.45, 7) is 13.3. The van der Waals surface area contributed by atoms with Gasteiger partial charge < -0.3 is 15.5 Å². The molecular formula is C30H53NO6S. The third kappa shape index (κ3) is 5.21. The molecule has 0 radical (unpaired) electrons. The van der Waals surface area contributed by atoms with E-state index in [1.807, 2.05) is 6.92 Å². The van der Waals surface area contributed by atoms with Crippen LogP contribution in [0.1, 0.15) is 99.3 Å². The molecule has 4 N–H and O–H groups in total. The van der Waals surface area contributed by atoms with Crippen LogP contribution in [0.2, 0.25) is 0 Å². The zero-order valence-electron chi connectivity index (χ0n) is 24.4. The molecule has 38 heavy (non-hydrogen) atoms. The predicted octanol–water partition coefficient (Wildman–Crippen LogP) is 4.67. The molecule has 4 aliphatic rings. The largest absolute Gasteiger partial charge is 0.393 e. The van der Waals surface area contributed by atoms with E-state index in [2.05, 4.69) is 39.9 Å². The van der Waals surface area contributed by atoms with E-state index in [4.69, 9.17) is 4.55 Å². The van der Waals surface area contributed by atoms with Crippen molar-refractivity contribution in [3.8, 4) is 0 Å². The zero-order chi connectivity index (χ0) is 28.3. The van der Waals surface area contributed by atoms with E-state index in [9.17, 15) is 23.4 Å². The highest BCUT2D eigenvalue weighted by Gasteiger charge is 2.68. The number of hydrogen-bond acceptors (Lipinski definition) is 5. The maximum absolute atomic E-state index is 12.6. The molecule has 4 aliphatic carbocycles. The molecule has 0 saturated heterocycles. The quantitative estimate of drug-likeness (QED) is 0.323. The van der Waals surface area contributed by atoms with Crippen LogP contribution in [-0.4, -0.2) is 53.1 Å². The number of aliphatic hydroxyl groups excluding tert-OH is 1. The minimum absolute atomic E-state index is 0.0762. The predicted molar refractivity (Wildman–Crippen MR) is 149 cm³/mol. The molecule has 4 fully saturated rings. The average Bonchev–Trinajstić information content (AvgIpc) is 3.16. The van der Waals surface area contributed by atoms with Crippen LogP contribution in [0.3, 0.4) is 0 Å². The lowest BCUT2D eigenvalue weighted by atomic mass is 9.38. The van der Waals surface area contributed by atoms with Gasteiger partial charge in [0.1, 0.15) is 0 Å². The lowest BCUT2D eigenvalue weighted by Crippen LogP contribution is -2.66. The standard InChI is InChI=1S/C30H53NO6S/c1-7-21-25-17-20(32)10-12-29(25,5)24-11-13-28(4)22(8-9-23(28)26(24)30(21,6)34)18(2)16-19(3)27(33)31-14-15-38(35,36)37/h18-26,32,34H,7-17H2,1-6H3,(H,31,33)(H,35,36,37)/t18-,19+,20+,21+,22+,23?,24?,25-,26?,28+,29+,30-/m0/s1. The van der Waals surface area contributed by atoms with Gasteiger partial charge in [0.25, 0.3) is 10.1 Å². The van der Waals surface area contributed by atoms with Crippen molar-refractivity contribution in [3.05, 3.63) is 0 Å². The molecule has 0 bridgehead atoms. The Labute approximate surface area is 230 Å². The van der Waals surface area contributed by atoms with Gasteiger partial charge in [-0.3, -0.25) is 9.35 Å². The van der Waals surface area contributed by atoms with Crippen LogP contribution < -0.4 is 5.32 Å². The van der Waals surface area contributed by atoms with Gasteiger partial charge in [-0.15, -0.1) is 0 Å². The van der Waals surface area contributed by atoms with Crippen LogP contribution in [0.5, 0.6) is 0 Å². The molecular weight excluding hydrogens is 502 g/mol. The number of carbonyl (C=O) groups excluding carboxylic acids is 1. The van der Waals surface area contributed by atoms with Crippen molar-refractivity contribution in [2.24, 2.45) is 58.2 Å². The normalized spacial score (nSPS) is 46.4. The van der Waals surface area contributed by atoms with Crippen molar-refractivity contribution < 1.29 is 28.0 Å². The molecule has 220 valence electrons. The van der Waals surface area contributed by atoms with Gasteiger partial charge in [0.05, 0.1) is 17.5 Å². The molecule has 0 spiro atoms. The third-order valence-electron chi connectivity index (χ3n) is 12.5. The second-order valence-corrected chi connectivity index (χ2v) is 16.0. The first kappa shape index (κ1) is 30.3. The van der Waals surface area contributed by atoms with Gasteiger partial charge in [0.15, 0.2) is 0 Å². The molecule has 8 heteroatoms. The van der Waals surface area contributed by atoms with E-state index in [0.29, 0.717) is 29.6 Å². The fourth-order valence-corrected chi connectivity index (χ4v) is 11.1. The van der Waals surface area contributed by atoms with Crippen molar-refractivity contribution in [2.75, 3.05) is 12.3 Å². The van der Waals surface area contributed by atoms with E-state index in [1.165, 1.54) is 0 Å². The summed E-state index contributed by atoms with van der Waals surface area (Å²) in [5, 5.41) is 25.6. The fourth-order valence-electron chi connectivity index (χ4n) is 10.8. The molecule has 7 nitrogen and oxygen atoms in total. The summed E-state index contributed by atoms with van der Waals surface area (Å²) in [6, 6.07) is 0. The topological polar surface area (TPSA) is 124 Å². The Balaban J connectivity index is 1.51. The minimum Gasteiger partial charge on any atom is -0.393 e. The van der Waals surface area contributed by atoms with Gasteiger partial charge in [0.2, 0.25) is 5.91 Å². The first-order valence-electron chi connectivity index (χ1n) is 15.2. The molecule has 4 saturated carbocycles. The van der Waals surface area contributed by atoms with E-state index < -0.39 is 21.5 Å². The summed E-state index contributed by atoms with van der Waals surface area (Å²) in [7, 11) is -4.09. The monoisotopic (exact) mass is 555 g/mol. The average molecular weight is 556 g/mol. The Hall–Kier alpha value is -0.700. The summed E-state index contributed by atoms with van der Waals surface area (Å²) in [5.74, 6) is 1.73. The van der Waals surface area contributed by atoms with Gasteiger partial charge in [0, 0.05) is 12.5 Å². The summed E-state index contributed by atoms with van der Waals surface area (Å²) >= 11 is 0. The number of nitrogens with one attached hydrogen (secondary N) is 1. The lowest BCUT2D eigenvalue weighted by molar-refractivity contribution is -0.245. The van der Waals surface area contributed by atoms with Crippen LogP contribution in [-0.2, 0) is 14.9 Å². The highest BCUT2D eigenvalue weighted by atomic mass is 32.2. The first-order chi connectivity index (χ1) is 17.6. The van der Waals surface area contributed by atoms with Crippen LogP contribution in [0.4, 0.5) is 0 Å². The smallest absolute Gasteiger partial charge is 0.266 e. The number of carbonyl (C=O) groups is 1. The summed E-state index contributed by atoms with van der Waals surface area (Å²) in [5.41, 5.74) is -0.445. The highest BCUT2D eigenvalue weighted by Crippen LogP contribution is 2.71. The minimum atomic E-state index is -4.09. The van der Waals surface area contributed by atoms with Crippen LogP contribution in [0.15, 0.2) is 0 Å². The molecule has 0 aromatic rings. The molecule has 12 atom stereocenters. The maximum atomic E-state index is 12.6. The van der Waals surface area contributed by atoms with Crippen LogP contribution in [0, 0.1) is 58.2 Å². The van der Waals surface area contributed by atoms with Crippen molar-refractivity contribution in [1.82, 2.24) is 5.32 Å². The van der Waals surface area contributed by atoms with E-state index in [0.717, 1.165) is 57.8 Å². The van der Waals surface area contributed by atoms with Crippen LogP contribution in [0.25, 0.3) is 0 Å². The molecule has 1 amide bonds. The van der Waals surface area contributed by atoms with Crippen LogP contribution >= 0.6 is 0 Å². The third-order valence-corrected chi connectivity index (χ3v) is 13.2. The van der Waals surface area contributed by atoms with Gasteiger partial charge in [-0.2, -0.15) is 8.42 Å². The van der Waals surface area contributed by atoms with Crippen molar-refractivity contribution >= 4 is 16.0 Å². The van der Waals surface area contributed by atoms with Gasteiger partial charge in [-0.05, 0) is 111 Å². The van der Waals surface area contributed by atoms with E-state index in [-0.39, 0.29) is 47.1 Å². The highest BCUT2D eigenvalue weighted by molar-refractivity contribution is 7.85. The Morgan fingerprint density at radius 2 is 1.63 bits per heavy atom. The zero-order valence-corrected chi connectivity index (χ0v) is 25.3. The molecule has 3 unspecified atom stereocenters. The first-order valence-corrected chi connectivity index (χ1v) is 16.8. The molecule has 4 rings (SSSR count). The summed E-state index contributed by atoms with van der Waals surface area (Å²) in [6.07, 6.45) is 8.71. The van der Waals surface area contributed by atoms with Gasteiger partial charge >= 0.3 is 0 Å². The Morgan fingerprint density at radius 3 is 2.26 bits per heavy atom.